The number of sulfonamides is 1. The number of fused-ring (bicyclic) bond motifs is 1. The van der Waals surface area contributed by atoms with Crippen molar-refractivity contribution >= 4 is 21.6 Å². The molecule has 1 aliphatic rings. The van der Waals surface area contributed by atoms with Crippen molar-refractivity contribution in [2.75, 3.05) is 11.3 Å². The van der Waals surface area contributed by atoms with E-state index in [1.807, 2.05) is 26.0 Å². The molecule has 2 aromatic rings. The number of amides is 1. The van der Waals surface area contributed by atoms with Gasteiger partial charge in [0.05, 0.1) is 0 Å². The zero-order chi connectivity index (χ0) is 20.7. The summed E-state index contributed by atoms with van der Waals surface area (Å²) in [5.41, 5.74) is -3.53. The molecule has 0 fully saturated rings. The predicted octanol–water partition coefficient (Wildman–Crippen LogP) is 3.88. The van der Waals surface area contributed by atoms with Crippen LogP contribution in [0.1, 0.15) is 35.3 Å². The quantitative estimate of drug-likeness (QED) is 0.829. The number of carbonyl (C=O) groups is 1. The SMILES string of the molecule is CC1(C)CN(Cc2ccc(NS(=O)(=O)C(F)(F)F)cc2)C(=O)c2ccccc21. The van der Waals surface area contributed by atoms with Gasteiger partial charge in [-0.15, -0.1) is 0 Å². The molecule has 0 saturated carbocycles. The van der Waals surface area contributed by atoms with Crippen LogP contribution in [-0.2, 0) is 22.0 Å². The van der Waals surface area contributed by atoms with Gasteiger partial charge in [0.25, 0.3) is 5.91 Å². The van der Waals surface area contributed by atoms with Gasteiger partial charge in [0.15, 0.2) is 0 Å². The number of hydrogen-bond acceptors (Lipinski definition) is 3. The summed E-state index contributed by atoms with van der Waals surface area (Å²) in [6, 6.07) is 12.9. The van der Waals surface area contributed by atoms with E-state index in [9.17, 15) is 26.4 Å². The van der Waals surface area contributed by atoms with Crippen LogP contribution in [0.5, 0.6) is 0 Å². The Morgan fingerprint density at radius 1 is 1.07 bits per heavy atom. The van der Waals surface area contributed by atoms with Gasteiger partial charge in [0.1, 0.15) is 0 Å². The molecule has 0 unspecified atom stereocenters. The third kappa shape index (κ3) is 3.84. The van der Waals surface area contributed by atoms with Crippen LogP contribution < -0.4 is 4.72 Å². The van der Waals surface area contributed by atoms with Crippen molar-refractivity contribution in [3.8, 4) is 0 Å². The van der Waals surface area contributed by atoms with Gasteiger partial charge in [-0.25, -0.2) is 0 Å². The van der Waals surface area contributed by atoms with E-state index in [0.717, 1.165) is 5.56 Å². The van der Waals surface area contributed by atoms with E-state index in [1.165, 1.54) is 29.0 Å². The van der Waals surface area contributed by atoms with Crippen LogP contribution in [0.2, 0.25) is 0 Å². The minimum Gasteiger partial charge on any atom is -0.333 e. The van der Waals surface area contributed by atoms with Crippen LogP contribution in [0.25, 0.3) is 0 Å². The standard InChI is InChI=1S/C19H19F3N2O3S/c1-18(2)12-24(17(25)15-5-3-4-6-16(15)18)11-13-7-9-14(10-8-13)23-28(26,27)19(20,21)22/h3-10,23H,11-12H2,1-2H3. The van der Waals surface area contributed by atoms with Gasteiger partial charge < -0.3 is 4.90 Å². The fourth-order valence-corrected chi connectivity index (χ4v) is 3.87. The lowest BCUT2D eigenvalue weighted by atomic mass is 9.78. The van der Waals surface area contributed by atoms with Crippen LogP contribution in [0, 0.1) is 0 Å². The summed E-state index contributed by atoms with van der Waals surface area (Å²) >= 11 is 0. The number of hydrogen-bond donors (Lipinski definition) is 1. The van der Waals surface area contributed by atoms with Crippen LogP contribution in [0.15, 0.2) is 48.5 Å². The van der Waals surface area contributed by atoms with E-state index in [4.69, 9.17) is 0 Å². The molecule has 0 atom stereocenters. The van der Waals surface area contributed by atoms with Crippen molar-refractivity contribution in [1.82, 2.24) is 4.90 Å². The molecule has 150 valence electrons. The maximum Gasteiger partial charge on any atom is 0.516 e. The number of anilines is 1. The first-order valence-electron chi connectivity index (χ1n) is 8.47. The lowest BCUT2D eigenvalue weighted by Gasteiger charge is -2.39. The van der Waals surface area contributed by atoms with E-state index in [1.54, 1.807) is 17.0 Å². The second-order valence-electron chi connectivity index (χ2n) is 7.34. The number of nitrogens with zero attached hydrogens (tertiary/aromatic N) is 1. The summed E-state index contributed by atoms with van der Waals surface area (Å²) in [6.07, 6.45) is 0. The average Bonchev–Trinajstić information content (AvgIpc) is 2.60. The highest BCUT2D eigenvalue weighted by Gasteiger charge is 2.46. The van der Waals surface area contributed by atoms with Gasteiger partial charge in [-0.05, 0) is 29.3 Å². The van der Waals surface area contributed by atoms with Gasteiger partial charge in [0, 0.05) is 29.8 Å². The lowest BCUT2D eigenvalue weighted by Crippen LogP contribution is -2.46. The summed E-state index contributed by atoms with van der Waals surface area (Å²) in [4.78, 5) is 14.5. The molecule has 5 nitrogen and oxygen atoms in total. The first-order chi connectivity index (χ1) is 12.9. The van der Waals surface area contributed by atoms with E-state index < -0.39 is 15.5 Å². The van der Waals surface area contributed by atoms with Crippen molar-refractivity contribution in [2.45, 2.75) is 31.3 Å². The molecule has 0 spiro atoms. The first-order valence-corrected chi connectivity index (χ1v) is 9.96. The Morgan fingerprint density at radius 3 is 2.29 bits per heavy atom. The van der Waals surface area contributed by atoms with E-state index >= 15 is 0 Å². The fraction of sp³-hybridized carbons (Fsp3) is 0.316. The minimum atomic E-state index is -5.46. The monoisotopic (exact) mass is 412 g/mol. The fourth-order valence-electron chi connectivity index (χ4n) is 3.30. The Morgan fingerprint density at radius 2 is 1.68 bits per heavy atom. The second kappa shape index (κ2) is 6.80. The Bertz CT molecular complexity index is 1000. The summed E-state index contributed by atoms with van der Waals surface area (Å²) in [7, 11) is -5.46. The molecule has 28 heavy (non-hydrogen) atoms. The molecule has 0 aliphatic carbocycles. The van der Waals surface area contributed by atoms with E-state index in [-0.39, 0.29) is 23.6 Å². The topological polar surface area (TPSA) is 66.5 Å². The number of benzene rings is 2. The van der Waals surface area contributed by atoms with Crippen LogP contribution in [0.3, 0.4) is 0 Å². The number of carbonyl (C=O) groups excluding carboxylic acids is 1. The third-order valence-corrected chi connectivity index (χ3v) is 5.76. The molecule has 2 aromatic carbocycles. The predicted molar refractivity (Wildman–Crippen MR) is 99.2 cm³/mol. The summed E-state index contributed by atoms with van der Waals surface area (Å²) in [6.45, 7) is 4.84. The smallest absolute Gasteiger partial charge is 0.333 e. The summed E-state index contributed by atoms with van der Waals surface area (Å²) < 4.78 is 61.2. The molecule has 1 heterocycles. The Labute approximate surface area is 161 Å². The zero-order valence-corrected chi connectivity index (χ0v) is 16.1. The highest BCUT2D eigenvalue weighted by molar-refractivity contribution is 7.93. The first kappa shape index (κ1) is 20.2. The van der Waals surface area contributed by atoms with E-state index in [0.29, 0.717) is 17.7 Å². The molecular formula is C19H19F3N2O3S. The summed E-state index contributed by atoms with van der Waals surface area (Å²) in [5, 5.41) is 0. The van der Waals surface area contributed by atoms with Crippen molar-refractivity contribution in [2.24, 2.45) is 0 Å². The number of nitrogens with one attached hydrogen (secondary N) is 1. The molecular weight excluding hydrogens is 393 g/mol. The van der Waals surface area contributed by atoms with Crippen LogP contribution >= 0.6 is 0 Å². The average molecular weight is 412 g/mol. The van der Waals surface area contributed by atoms with Crippen molar-refractivity contribution < 1.29 is 26.4 Å². The number of rotatable bonds is 4. The molecule has 1 amide bonds. The third-order valence-electron chi connectivity index (χ3n) is 4.64. The van der Waals surface area contributed by atoms with Gasteiger partial charge >= 0.3 is 15.5 Å². The van der Waals surface area contributed by atoms with Crippen molar-refractivity contribution in [3.63, 3.8) is 0 Å². The number of halogens is 3. The van der Waals surface area contributed by atoms with Crippen molar-refractivity contribution in [1.29, 1.82) is 0 Å². The van der Waals surface area contributed by atoms with Crippen LogP contribution in [0.4, 0.5) is 18.9 Å². The molecule has 0 radical (unpaired) electrons. The molecule has 9 heteroatoms. The van der Waals surface area contributed by atoms with Gasteiger partial charge in [-0.2, -0.15) is 21.6 Å². The normalized spacial score (nSPS) is 16.6. The maximum atomic E-state index is 12.8. The highest BCUT2D eigenvalue weighted by atomic mass is 32.2. The largest absolute Gasteiger partial charge is 0.516 e. The van der Waals surface area contributed by atoms with Crippen LogP contribution in [-0.4, -0.2) is 31.3 Å². The Balaban J connectivity index is 1.77. The minimum absolute atomic E-state index is 0.114. The molecule has 0 aromatic heterocycles. The maximum absolute atomic E-state index is 12.8. The molecule has 0 bridgehead atoms. The summed E-state index contributed by atoms with van der Waals surface area (Å²) in [5.74, 6) is -0.114. The molecule has 3 rings (SSSR count). The Hall–Kier alpha value is -2.55. The van der Waals surface area contributed by atoms with Gasteiger partial charge in [-0.3, -0.25) is 9.52 Å². The zero-order valence-electron chi connectivity index (χ0n) is 15.2. The Kier molecular flexibility index (Phi) is 4.91. The van der Waals surface area contributed by atoms with Gasteiger partial charge in [0.2, 0.25) is 0 Å². The second-order valence-corrected chi connectivity index (χ2v) is 9.01. The number of alkyl halides is 3. The molecule has 1 N–H and O–H groups in total. The highest BCUT2D eigenvalue weighted by Crippen LogP contribution is 2.34. The molecule has 1 aliphatic heterocycles. The lowest BCUT2D eigenvalue weighted by molar-refractivity contribution is -0.0429. The van der Waals surface area contributed by atoms with Crippen molar-refractivity contribution in [3.05, 3.63) is 65.2 Å². The van der Waals surface area contributed by atoms with Gasteiger partial charge in [-0.1, -0.05) is 44.2 Å². The molecule has 0 saturated heterocycles. The van der Waals surface area contributed by atoms with E-state index in [2.05, 4.69) is 0 Å².